The zero-order valence-corrected chi connectivity index (χ0v) is 21.1. The molecule has 1 amide bonds. The van der Waals surface area contributed by atoms with E-state index >= 15 is 0 Å². The lowest BCUT2D eigenvalue weighted by molar-refractivity contribution is -0.118. The van der Waals surface area contributed by atoms with E-state index in [0.717, 1.165) is 12.5 Å². The number of fused-ring (bicyclic) bond motifs is 3. The van der Waals surface area contributed by atoms with Crippen molar-refractivity contribution in [2.75, 3.05) is 6.61 Å². The number of carboxylic acids is 1. The van der Waals surface area contributed by atoms with Gasteiger partial charge in [0.15, 0.2) is 6.73 Å². The predicted molar refractivity (Wildman–Crippen MR) is 124 cm³/mol. The monoisotopic (exact) mass is 485 g/mol. The first-order valence-corrected chi connectivity index (χ1v) is 15.5. The SMILES string of the molecule is Cc1c(C(=O)C(=O)NC2(c3cnn(COCC[Si](C)(C)C)n3)CC2)c2n(c1C(=O)O)[C@@H]1C[C@@H]1C2. The molecule has 34 heavy (non-hydrogen) atoms. The van der Waals surface area contributed by atoms with Crippen molar-refractivity contribution in [3.63, 3.8) is 0 Å². The second-order valence-corrected chi connectivity index (χ2v) is 16.7. The smallest absolute Gasteiger partial charge is 0.352 e. The van der Waals surface area contributed by atoms with Crippen LogP contribution in [0.5, 0.6) is 0 Å². The molecule has 10 nitrogen and oxygen atoms in total. The van der Waals surface area contributed by atoms with Crippen LogP contribution < -0.4 is 5.32 Å². The lowest BCUT2D eigenvalue weighted by Crippen LogP contribution is -2.40. The van der Waals surface area contributed by atoms with E-state index in [1.165, 1.54) is 4.80 Å². The minimum Gasteiger partial charge on any atom is -0.477 e. The lowest BCUT2D eigenvalue weighted by Gasteiger charge is -2.15. The van der Waals surface area contributed by atoms with Crippen molar-refractivity contribution in [3.8, 4) is 0 Å². The average Bonchev–Trinajstić information content (AvgIpc) is 3.56. The van der Waals surface area contributed by atoms with Gasteiger partial charge in [0, 0.05) is 26.4 Å². The highest BCUT2D eigenvalue weighted by Gasteiger charge is 2.52. The maximum Gasteiger partial charge on any atom is 0.352 e. The third-order valence-electron chi connectivity index (χ3n) is 7.19. The minimum absolute atomic E-state index is 0.134. The van der Waals surface area contributed by atoms with Gasteiger partial charge in [0.1, 0.15) is 11.4 Å². The zero-order chi connectivity index (χ0) is 24.4. The van der Waals surface area contributed by atoms with Crippen LogP contribution in [-0.4, -0.2) is 57.0 Å². The molecule has 182 valence electrons. The number of hydrogen-bond acceptors (Lipinski definition) is 6. The fraction of sp³-hybridized carbons (Fsp3) is 0.609. The molecule has 11 heteroatoms. The molecule has 2 fully saturated rings. The maximum absolute atomic E-state index is 13.2. The standard InChI is InChI=1S/C23H31N5O5Si/c1-13-18(16-10-14-9-15(14)28(16)19(13)22(31)32)20(29)21(30)25-23(5-6-23)17-11-24-27(26-17)12-33-7-8-34(2,3)4/h11,14-15H,5-10,12H2,1-4H3,(H,25,30)(H,31,32)/t14-,15-/m1/s1. The molecular weight excluding hydrogens is 454 g/mol. The van der Waals surface area contributed by atoms with Crippen molar-refractivity contribution in [2.24, 2.45) is 5.92 Å². The van der Waals surface area contributed by atoms with Gasteiger partial charge in [-0.25, -0.2) is 4.79 Å². The highest BCUT2D eigenvalue weighted by Crippen LogP contribution is 2.54. The molecule has 2 saturated carbocycles. The number of ether oxygens (including phenoxy) is 1. The number of carbonyl (C=O) groups excluding carboxylic acids is 2. The number of amides is 1. The van der Waals surface area contributed by atoms with Crippen molar-refractivity contribution < 1.29 is 24.2 Å². The number of Topliss-reactive ketones (excluding diaryl/α,β-unsaturated/α-hetero) is 1. The zero-order valence-electron chi connectivity index (χ0n) is 20.1. The second-order valence-electron chi connectivity index (χ2n) is 11.1. The Morgan fingerprint density at radius 3 is 2.68 bits per heavy atom. The number of ketones is 1. The summed E-state index contributed by atoms with van der Waals surface area (Å²) in [6.07, 6.45) is 4.51. The van der Waals surface area contributed by atoms with Crippen molar-refractivity contribution in [2.45, 2.75) is 76.6 Å². The maximum atomic E-state index is 13.2. The number of hydrogen-bond donors (Lipinski definition) is 2. The van der Waals surface area contributed by atoms with Crippen LogP contribution in [0.3, 0.4) is 0 Å². The Hall–Kier alpha value is -2.79. The van der Waals surface area contributed by atoms with Gasteiger partial charge in [0.05, 0.1) is 17.3 Å². The normalized spacial score (nSPS) is 21.6. The largest absolute Gasteiger partial charge is 0.477 e. The first kappa shape index (κ1) is 23.0. The highest BCUT2D eigenvalue weighted by atomic mass is 28.3. The third kappa shape index (κ3) is 4.00. The van der Waals surface area contributed by atoms with Crippen LogP contribution >= 0.6 is 0 Å². The molecule has 0 bridgehead atoms. The molecular formula is C23H31N5O5Si. The summed E-state index contributed by atoms with van der Waals surface area (Å²) in [6.45, 7) is 9.38. The summed E-state index contributed by atoms with van der Waals surface area (Å²) >= 11 is 0. The van der Waals surface area contributed by atoms with Crippen LogP contribution in [0.15, 0.2) is 6.20 Å². The molecule has 2 aromatic heterocycles. The molecule has 2 N–H and O–H groups in total. The average molecular weight is 486 g/mol. The topological polar surface area (TPSA) is 128 Å². The first-order chi connectivity index (χ1) is 16.0. The Balaban J connectivity index is 1.27. The molecule has 2 aromatic rings. The van der Waals surface area contributed by atoms with Crippen molar-refractivity contribution in [1.29, 1.82) is 0 Å². The van der Waals surface area contributed by atoms with Gasteiger partial charge in [-0.3, -0.25) is 9.59 Å². The summed E-state index contributed by atoms with van der Waals surface area (Å²) in [5.41, 5.74) is 1.33. The summed E-state index contributed by atoms with van der Waals surface area (Å²) in [5, 5.41) is 21.3. The second kappa shape index (κ2) is 7.87. The fourth-order valence-corrected chi connectivity index (χ4v) is 5.74. The predicted octanol–water partition coefficient (Wildman–Crippen LogP) is 2.50. The molecule has 0 saturated heterocycles. The van der Waals surface area contributed by atoms with E-state index in [-0.39, 0.29) is 24.0 Å². The van der Waals surface area contributed by atoms with Crippen molar-refractivity contribution in [3.05, 3.63) is 34.4 Å². The summed E-state index contributed by atoms with van der Waals surface area (Å²) in [7, 11) is -1.17. The van der Waals surface area contributed by atoms with E-state index < -0.39 is 31.3 Å². The fourth-order valence-electron chi connectivity index (χ4n) is 4.98. The number of rotatable bonds is 10. The summed E-state index contributed by atoms with van der Waals surface area (Å²) < 4.78 is 7.46. The van der Waals surface area contributed by atoms with Gasteiger partial charge in [-0.2, -0.15) is 15.0 Å². The van der Waals surface area contributed by atoms with Gasteiger partial charge in [0.2, 0.25) is 0 Å². The molecule has 0 unspecified atom stereocenters. The van der Waals surface area contributed by atoms with E-state index in [1.54, 1.807) is 17.7 Å². The Morgan fingerprint density at radius 2 is 2.03 bits per heavy atom. The van der Waals surface area contributed by atoms with E-state index in [4.69, 9.17) is 4.74 Å². The summed E-state index contributed by atoms with van der Waals surface area (Å²) in [4.78, 5) is 39.5. The van der Waals surface area contributed by atoms with Crippen LogP contribution in [0.4, 0.5) is 0 Å². The molecule has 0 spiro atoms. The van der Waals surface area contributed by atoms with E-state index in [2.05, 4.69) is 35.2 Å². The number of aromatic carboxylic acids is 1. The van der Waals surface area contributed by atoms with Crippen LogP contribution in [0, 0.1) is 12.8 Å². The number of aromatic nitrogens is 4. The molecule has 5 rings (SSSR count). The van der Waals surface area contributed by atoms with Gasteiger partial charge in [-0.05, 0) is 50.1 Å². The minimum atomic E-state index is -1.17. The highest BCUT2D eigenvalue weighted by molar-refractivity contribution is 6.76. The van der Waals surface area contributed by atoms with Crippen LogP contribution in [0.1, 0.15) is 63.1 Å². The summed E-state index contributed by atoms with van der Waals surface area (Å²) in [6, 6.07) is 1.19. The van der Waals surface area contributed by atoms with Gasteiger partial charge in [0.25, 0.3) is 11.7 Å². The van der Waals surface area contributed by atoms with E-state index in [1.807, 2.05) is 0 Å². The number of nitrogens with one attached hydrogen (secondary N) is 1. The quantitative estimate of drug-likeness (QED) is 0.229. The van der Waals surface area contributed by atoms with Crippen molar-refractivity contribution in [1.82, 2.24) is 24.9 Å². The molecule has 2 atom stereocenters. The van der Waals surface area contributed by atoms with Gasteiger partial charge in [-0.15, -0.1) is 0 Å². The van der Waals surface area contributed by atoms with Gasteiger partial charge >= 0.3 is 5.97 Å². The lowest BCUT2D eigenvalue weighted by atomic mass is 10.0. The number of nitrogens with zero attached hydrogens (tertiary/aromatic N) is 4. The van der Waals surface area contributed by atoms with Crippen LogP contribution in [-0.2, 0) is 28.2 Å². The number of carbonyl (C=O) groups is 3. The van der Waals surface area contributed by atoms with Gasteiger partial charge < -0.3 is 19.7 Å². The Morgan fingerprint density at radius 1 is 1.29 bits per heavy atom. The van der Waals surface area contributed by atoms with Crippen LogP contribution in [0.2, 0.25) is 25.7 Å². The van der Waals surface area contributed by atoms with E-state index in [9.17, 15) is 19.5 Å². The van der Waals surface area contributed by atoms with Gasteiger partial charge in [-0.1, -0.05) is 19.6 Å². The Labute approximate surface area is 198 Å². The van der Waals surface area contributed by atoms with E-state index in [0.29, 0.717) is 48.7 Å². The van der Waals surface area contributed by atoms with Crippen LogP contribution in [0.25, 0.3) is 0 Å². The number of carboxylic acid groups (broad SMARTS) is 1. The molecule has 1 aliphatic heterocycles. The van der Waals surface area contributed by atoms with Crippen molar-refractivity contribution >= 4 is 25.7 Å². The molecule has 3 heterocycles. The molecule has 2 aliphatic carbocycles. The Kier molecular flexibility index (Phi) is 5.32. The Bertz CT molecular complexity index is 1190. The third-order valence-corrected chi connectivity index (χ3v) is 8.90. The summed E-state index contributed by atoms with van der Waals surface area (Å²) in [5.74, 6) is -2.09. The molecule has 0 aromatic carbocycles. The first-order valence-electron chi connectivity index (χ1n) is 11.8. The molecule has 0 radical (unpaired) electrons. The molecule has 3 aliphatic rings.